The third-order valence-corrected chi connectivity index (χ3v) is 3.06. The number of amides is 1. The van der Waals surface area contributed by atoms with E-state index in [-0.39, 0.29) is 5.91 Å². The van der Waals surface area contributed by atoms with Gasteiger partial charge in [-0.25, -0.2) is 0 Å². The topological polar surface area (TPSA) is 64.3 Å². The van der Waals surface area contributed by atoms with Crippen molar-refractivity contribution in [2.75, 3.05) is 12.4 Å². The zero-order valence-electron chi connectivity index (χ0n) is 8.92. The second-order valence-corrected chi connectivity index (χ2v) is 4.91. The van der Waals surface area contributed by atoms with Crippen LogP contribution in [0.4, 0.5) is 5.69 Å². The fraction of sp³-hybridized carbons (Fsp3) is 0.364. The van der Waals surface area contributed by atoms with Gasteiger partial charge in [-0.1, -0.05) is 15.9 Å². The lowest BCUT2D eigenvalue weighted by molar-refractivity contribution is -0.118. The Labute approximate surface area is 102 Å². The number of carbonyl (C=O) groups excluding carboxylic acids is 1. The molecule has 0 spiro atoms. The monoisotopic (exact) mass is 284 g/mol. The number of ether oxygens (including phenoxy) is 1. The van der Waals surface area contributed by atoms with Gasteiger partial charge in [-0.15, -0.1) is 0 Å². The molecule has 0 aromatic heterocycles. The number of anilines is 1. The van der Waals surface area contributed by atoms with Crippen LogP contribution in [-0.2, 0) is 4.79 Å². The molecule has 0 atom stereocenters. The Morgan fingerprint density at radius 3 is 2.75 bits per heavy atom. The summed E-state index contributed by atoms with van der Waals surface area (Å²) in [5.74, 6) is 0.555. The molecule has 0 bridgehead atoms. The normalized spacial score (nSPS) is 16.7. The third kappa shape index (κ3) is 2.36. The van der Waals surface area contributed by atoms with Gasteiger partial charge in [0.15, 0.2) is 0 Å². The highest BCUT2D eigenvalue weighted by molar-refractivity contribution is 9.10. The van der Waals surface area contributed by atoms with E-state index in [2.05, 4.69) is 21.2 Å². The van der Waals surface area contributed by atoms with E-state index in [4.69, 9.17) is 10.5 Å². The number of methoxy groups -OCH3 is 1. The SMILES string of the molecule is COc1cc(Br)cc(NC(=O)C2(N)CC2)c1. The Kier molecular flexibility index (Phi) is 2.90. The summed E-state index contributed by atoms with van der Waals surface area (Å²) in [7, 11) is 1.58. The summed E-state index contributed by atoms with van der Waals surface area (Å²) in [4.78, 5) is 11.7. The predicted molar refractivity (Wildman–Crippen MR) is 65.5 cm³/mol. The molecule has 1 aliphatic rings. The first kappa shape index (κ1) is 11.4. The Balaban J connectivity index is 2.14. The fourth-order valence-electron chi connectivity index (χ4n) is 1.37. The number of nitrogens with one attached hydrogen (secondary N) is 1. The minimum atomic E-state index is -0.657. The van der Waals surface area contributed by atoms with Crippen LogP contribution in [0.5, 0.6) is 5.75 Å². The van der Waals surface area contributed by atoms with Crippen molar-refractivity contribution in [1.29, 1.82) is 0 Å². The van der Waals surface area contributed by atoms with Gasteiger partial charge in [0.1, 0.15) is 5.75 Å². The number of carbonyl (C=O) groups is 1. The van der Waals surface area contributed by atoms with E-state index < -0.39 is 5.54 Å². The van der Waals surface area contributed by atoms with Crippen LogP contribution in [0.2, 0.25) is 0 Å². The summed E-state index contributed by atoms with van der Waals surface area (Å²) >= 11 is 3.35. The van der Waals surface area contributed by atoms with Crippen LogP contribution in [0.1, 0.15) is 12.8 Å². The molecular formula is C11H13BrN2O2. The largest absolute Gasteiger partial charge is 0.497 e. The predicted octanol–water partition coefficient (Wildman–Crippen LogP) is 1.89. The van der Waals surface area contributed by atoms with E-state index in [1.54, 1.807) is 13.2 Å². The third-order valence-electron chi connectivity index (χ3n) is 2.61. The highest BCUT2D eigenvalue weighted by atomic mass is 79.9. The van der Waals surface area contributed by atoms with Gasteiger partial charge >= 0.3 is 0 Å². The molecule has 0 radical (unpaired) electrons. The molecule has 1 fully saturated rings. The molecule has 1 aromatic rings. The number of nitrogens with two attached hydrogens (primary N) is 1. The van der Waals surface area contributed by atoms with Crippen molar-refractivity contribution in [2.45, 2.75) is 18.4 Å². The molecular weight excluding hydrogens is 272 g/mol. The van der Waals surface area contributed by atoms with Crippen LogP contribution >= 0.6 is 15.9 Å². The maximum absolute atomic E-state index is 11.7. The molecule has 0 saturated heterocycles. The van der Waals surface area contributed by atoms with Gasteiger partial charge in [0.2, 0.25) is 5.91 Å². The standard InChI is InChI=1S/C11H13BrN2O2/c1-16-9-5-7(12)4-8(6-9)14-10(15)11(13)2-3-11/h4-6H,2-3,13H2,1H3,(H,14,15). The molecule has 0 unspecified atom stereocenters. The summed E-state index contributed by atoms with van der Waals surface area (Å²) < 4.78 is 5.96. The minimum Gasteiger partial charge on any atom is -0.497 e. The number of benzene rings is 1. The van der Waals surface area contributed by atoms with Gasteiger partial charge in [0.25, 0.3) is 0 Å². The number of rotatable bonds is 3. The Morgan fingerprint density at radius 2 is 2.19 bits per heavy atom. The van der Waals surface area contributed by atoms with E-state index in [1.165, 1.54) is 0 Å². The van der Waals surface area contributed by atoms with Crippen LogP contribution in [0.3, 0.4) is 0 Å². The zero-order chi connectivity index (χ0) is 11.8. The highest BCUT2D eigenvalue weighted by Gasteiger charge is 2.45. The first-order chi connectivity index (χ1) is 7.53. The van der Waals surface area contributed by atoms with Crippen LogP contribution in [-0.4, -0.2) is 18.6 Å². The number of hydrogen-bond donors (Lipinski definition) is 2. The Morgan fingerprint density at radius 1 is 1.50 bits per heavy atom. The lowest BCUT2D eigenvalue weighted by atomic mass is 10.2. The van der Waals surface area contributed by atoms with Crippen LogP contribution in [0.25, 0.3) is 0 Å². The van der Waals surface area contributed by atoms with Crippen molar-refractivity contribution in [1.82, 2.24) is 0 Å². The van der Waals surface area contributed by atoms with Gasteiger partial charge in [-0.2, -0.15) is 0 Å². The van der Waals surface area contributed by atoms with Crippen molar-refractivity contribution < 1.29 is 9.53 Å². The molecule has 1 saturated carbocycles. The van der Waals surface area contributed by atoms with E-state index in [9.17, 15) is 4.79 Å². The second-order valence-electron chi connectivity index (χ2n) is 3.99. The summed E-state index contributed by atoms with van der Waals surface area (Å²) in [6, 6.07) is 5.39. The quantitative estimate of drug-likeness (QED) is 0.891. The molecule has 86 valence electrons. The van der Waals surface area contributed by atoms with Crippen molar-refractivity contribution in [3.05, 3.63) is 22.7 Å². The summed E-state index contributed by atoms with van der Waals surface area (Å²) in [5.41, 5.74) is 5.82. The fourth-order valence-corrected chi connectivity index (χ4v) is 1.84. The molecule has 1 aromatic carbocycles. The van der Waals surface area contributed by atoms with Crippen molar-refractivity contribution in [3.8, 4) is 5.75 Å². The van der Waals surface area contributed by atoms with E-state index >= 15 is 0 Å². The molecule has 16 heavy (non-hydrogen) atoms. The van der Waals surface area contributed by atoms with Gasteiger partial charge in [-0.05, 0) is 25.0 Å². The van der Waals surface area contributed by atoms with Crippen LogP contribution in [0, 0.1) is 0 Å². The summed E-state index contributed by atoms with van der Waals surface area (Å²) in [6.07, 6.45) is 1.51. The average Bonchev–Trinajstić information content (AvgIpc) is 2.97. The number of hydrogen-bond acceptors (Lipinski definition) is 3. The molecule has 1 aliphatic carbocycles. The Bertz CT molecular complexity index is 430. The maximum atomic E-state index is 11.7. The molecule has 0 aliphatic heterocycles. The molecule has 1 amide bonds. The lowest BCUT2D eigenvalue weighted by Crippen LogP contribution is -2.37. The van der Waals surface area contributed by atoms with Crippen molar-refractivity contribution >= 4 is 27.5 Å². The van der Waals surface area contributed by atoms with Gasteiger partial charge in [-0.3, -0.25) is 4.79 Å². The van der Waals surface area contributed by atoms with E-state index in [1.807, 2.05) is 12.1 Å². The van der Waals surface area contributed by atoms with Gasteiger partial charge < -0.3 is 15.8 Å². The maximum Gasteiger partial charge on any atom is 0.244 e. The first-order valence-electron chi connectivity index (χ1n) is 4.98. The van der Waals surface area contributed by atoms with Gasteiger partial charge in [0.05, 0.1) is 12.6 Å². The first-order valence-corrected chi connectivity index (χ1v) is 5.78. The number of halogens is 1. The molecule has 4 nitrogen and oxygen atoms in total. The molecule has 5 heteroatoms. The average molecular weight is 285 g/mol. The minimum absolute atomic E-state index is 0.132. The van der Waals surface area contributed by atoms with E-state index in [0.29, 0.717) is 11.4 Å². The van der Waals surface area contributed by atoms with Gasteiger partial charge in [0, 0.05) is 16.2 Å². The van der Waals surface area contributed by atoms with E-state index in [0.717, 1.165) is 17.3 Å². The lowest BCUT2D eigenvalue weighted by Gasteiger charge is -2.11. The van der Waals surface area contributed by atoms with Crippen molar-refractivity contribution in [3.63, 3.8) is 0 Å². The van der Waals surface area contributed by atoms with Crippen LogP contribution in [0.15, 0.2) is 22.7 Å². The van der Waals surface area contributed by atoms with Crippen LogP contribution < -0.4 is 15.8 Å². The molecule has 2 rings (SSSR count). The summed E-state index contributed by atoms with van der Waals surface area (Å²) in [6.45, 7) is 0. The van der Waals surface area contributed by atoms with Crippen molar-refractivity contribution in [2.24, 2.45) is 5.73 Å². The molecule has 0 heterocycles. The highest BCUT2D eigenvalue weighted by Crippen LogP contribution is 2.34. The summed E-state index contributed by atoms with van der Waals surface area (Å²) in [5, 5.41) is 2.79. The smallest absolute Gasteiger partial charge is 0.244 e. The Hall–Kier alpha value is -1.07. The molecule has 3 N–H and O–H groups in total. The second kappa shape index (κ2) is 4.07. The zero-order valence-corrected chi connectivity index (χ0v) is 10.5.